The maximum atomic E-state index is 11.6. The molecule has 0 aromatic heterocycles. The van der Waals surface area contributed by atoms with Crippen LogP contribution in [0.2, 0.25) is 0 Å². The first kappa shape index (κ1) is 13.4. The molecule has 6 heteroatoms. The summed E-state index contributed by atoms with van der Waals surface area (Å²) in [5.74, 6) is 1.32. The van der Waals surface area contributed by atoms with Gasteiger partial charge in [0, 0.05) is 0 Å². The van der Waals surface area contributed by atoms with Crippen LogP contribution in [0.3, 0.4) is 0 Å². The number of amidine groups is 1. The summed E-state index contributed by atoms with van der Waals surface area (Å²) in [4.78, 5) is 0. The van der Waals surface area contributed by atoms with Crippen molar-refractivity contribution in [3.63, 3.8) is 0 Å². The van der Waals surface area contributed by atoms with E-state index in [0.717, 1.165) is 12.3 Å². The monoisotopic (exact) mass is 294 g/mol. The Bertz CT molecular complexity index is 663. The van der Waals surface area contributed by atoms with Gasteiger partial charge in [0.1, 0.15) is 11.6 Å². The normalized spacial score (nSPS) is 21.8. The molecule has 1 saturated carbocycles. The number of benzene rings is 1. The molecule has 1 heterocycles. The largest absolute Gasteiger partial charge is 0.490 e. The Morgan fingerprint density at radius 3 is 2.90 bits per heavy atom. The van der Waals surface area contributed by atoms with Gasteiger partial charge in [0.15, 0.2) is 0 Å². The SMILES string of the molecule is CC(CC1CC1)Oc1cccc2c1C(N)=NS(=O)(=O)C2. The van der Waals surface area contributed by atoms with Crippen molar-refractivity contribution in [3.05, 3.63) is 29.3 Å². The van der Waals surface area contributed by atoms with Crippen molar-refractivity contribution < 1.29 is 13.2 Å². The van der Waals surface area contributed by atoms with Crippen LogP contribution in [0.5, 0.6) is 5.75 Å². The zero-order valence-corrected chi connectivity index (χ0v) is 12.2. The zero-order valence-electron chi connectivity index (χ0n) is 11.4. The van der Waals surface area contributed by atoms with Crippen molar-refractivity contribution in [1.82, 2.24) is 0 Å². The summed E-state index contributed by atoms with van der Waals surface area (Å²) >= 11 is 0. The molecule has 1 aliphatic heterocycles. The van der Waals surface area contributed by atoms with Gasteiger partial charge in [-0.15, -0.1) is 4.40 Å². The quantitative estimate of drug-likeness (QED) is 0.918. The minimum Gasteiger partial charge on any atom is -0.490 e. The van der Waals surface area contributed by atoms with Gasteiger partial charge in [0.2, 0.25) is 0 Å². The summed E-state index contributed by atoms with van der Waals surface area (Å²) in [5, 5.41) is 0. The number of nitrogens with two attached hydrogens (primary N) is 1. The number of sulfonamides is 1. The second-order valence-electron chi connectivity index (χ2n) is 5.60. The predicted octanol–water partition coefficient (Wildman–Crippen LogP) is 1.80. The number of ether oxygens (including phenoxy) is 1. The smallest absolute Gasteiger partial charge is 0.259 e. The Hall–Kier alpha value is -1.56. The molecule has 0 saturated heterocycles. The van der Waals surface area contributed by atoms with Gasteiger partial charge in [-0.1, -0.05) is 25.0 Å². The molecule has 5 nitrogen and oxygen atoms in total. The van der Waals surface area contributed by atoms with Crippen LogP contribution in [0.15, 0.2) is 22.6 Å². The van der Waals surface area contributed by atoms with Crippen LogP contribution < -0.4 is 10.5 Å². The topological polar surface area (TPSA) is 81.8 Å². The molecule has 1 fully saturated rings. The number of hydrogen-bond donors (Lipinski definition) is 1. The van der Waals surface area contributed by atoms with E-state index >= 15 is 0 Å². The lowest BCUT2D eigenvalue weighted by atomic mass is 10.1. The predicted molar refractivity (Wildman–Crippen MR) is 77.2 cm³/mol. The van der Waals surface area contributed by atoms with Crippen molar-refractivity contribution in [2.75, 3.05) is 0 Å². The molecule has 0 spiro atoms. The summed E-state index contributed by atoms with van der Waals surface area (Å²) in [6.45, 7) is 2.03. The van der Waals surface area contributed by atoms with E-state index in [-0.39, 0.29) is 17.7 Å². The first-order chi connectivity index (χ1) is 9.44. The second kappa shape index (κ2) is 4.77. The Balaban J connectivity index is 1.89. The van der Waals surface area contributed by atoms with Gasteiger partial charge in [0.05, 0.1) is 17.4 Å². The maximum Gasteiger partial charge on any atom is 0.259 e. The fourth-order valence-corrected chi connectivity index (χ4v) is 3.69. The summed E-state index contributed by atoms with van der Waals surface area (Å²) in [6.07, 6.45) is 3.68. The Morgan fingerprint density at radius 1 is 1.45 bits per heavy atom. The Kier molecular flexibility index (Phi) is 3.20. The molecule has 2 N–H and O–H groups in total. The first-order valence-corrected chi connectivity index (χ1v) is 8.42. The van der Waals surface area contributed by atoms with Gasteiger partial charge in [-0.05, 0) is 30.9 Å². The van der Waals surface area contributed by atoms with Gasteiger partial charge in [0.25, 0.3) is 10.0 Å². The van der Waals surface area contributed by atoms with Crippen LogP contribution in [0.4, 0.5) is 0 Å². The van der Waals surface area contributed by atoms with E-state index < -0.39 is 10.0 Å². The van der Waals surface area contributed by atoms with E-state index in [2.05, 4.69) is 4.40 Å². The van der Waals surface area contributed by atoms with Gasteiger partial charge in [-0.2, -0.15) is 0 Å². The number of rotatable bonds is 4. The third kappa shape index (κ3) is 2.80. The molecule has 1 unspecified atom stereocenters. The Morgan fingerprint density at radius 2 is 2.20 bits per heavy atom. The van der Waals surface area contributed by atoms with Crippen molar-refractivity contribution in [3.8, 4) is 5.75 Å². The fraction of sp³-hybridized carbons (Fsp3) is 0.500. The van der Waals surface area contributed by atoms with E-state index in [1.807, 2.05) is 13.0 Å². The highest BCUT2D eigenvalue weighted by Crippen LogP contribution is 2.35. The fourth-order valence-electron chi connectivity index (χ4n) is 2.60. The van der Waals surface area contributed by atoms with Gasteiger partial charge in [-0.3, -0.25) is 0 Å². The molecule has 1 aromatic carbocycles. The first-order valence-electron chi connectivity index (χ1n) is 6.81. The van der Waals surface area contributed by atoms with Crippen molar-refractivity contribution in [2.45, 2.75) is 38.0 Å². The molecule has 1 aromatic rings. The average molecular weight is 294 g/mol. The van der Waals surface area contributed by atoms with E-state index in [0.29, 0.717) is 16.9 Å². The summed E-state index contributed by atoms with van der Waals surface area (Å²) < 4.78 is 32.7. The lowest BCUT2D eigenvalue weighted by Crippen LogP contribution is -2.25. The van der Waals surface area contributed by atoms with Crippen molar-refractivity contribution in [2.24, 2.45) is 16.0 Å². The van der Waals surface area contributed by atoms with Crippen LogP contribution in [0.1, 0.15) is 37.3 Å². The number of hydrogen-bond acceptors (Lipinski definition) is 4. The maximum absolute atomic E-state index is 11.6. The minimum atomic E-state index is -3.49. The summed E-state index contributed by atoms with van der Waals surface area (Å²) in [7, 11) is -3.49. The van der Waals surface area contributed by atoms with Crippen molar-refractivity contribution in [1.29, 1.82) is 0 Å². The van der Waals surface area contributed by atoms with Crippen LogP contribution in [-0.2, 0) is 15.8 Å². The molecule has 1 atom stereocenters. The third-order valence-corrected chi connectivity index (χ3v) is 4.79. The third-order valence-electron chi connectivity index (χ3n) is 3.63. The van der Waals surface area contributed by atoms with E-state index in [1.165, 1.54) is 12.8 Å². The summed E-state index contributed by atoms with van der Waals surface area (Å²) in [5.41, 5.74) is 7.09. The molecule has 0 bridgehead atoms. The molecule has 0 radical (unpaired) electrons. The average Bonchev–Trinajstić information content (AvgIpc) is 3.10. The molecule has 2 aliphatic rings. The molecule has 1 aliphatic carbocycles. The molecular weight excluding hydrogens is 276 g/mol. The highest BCUT2D eigenvalue weighted by Gasteiger charge is 2.27. The van der Waals surface area contributed by atoms with Crippen molar-refractivity contribution >= 4 is 15.9 Å². The molecule has 20 heavy (non-hydrogen) atoms. The zero-order chi connectivity index (χ0) is 14.3. The van der Waals surface area contributed by atoms with Crippen LogP contribution in [0.25, 0.3) is 0 Å². The minimum absolute atomic E-state index is 0.0282. The number of fused-ring (bicyclic) bond motifs is 1. The molecular formula is C14H18N2O3S. The second-order valence-corrected chi connectivity index (χ2v) is 7.24. The molecule has 0 amide bonds. The van der Waals surface area contributed by atoms with E-state index in [9.17, 15) is 8.42 Å². The van der Waals surface area contributed by atoms with E-state index in [1.54, 1.807) is 12.1 Å². The highest BCUT2D eigenvalue weighted by molar-refractivity contribution is 7.89. The lowest BCUT2D eigenvalue weighted by molar-refractivity contribution is 0.203. The molecule has 3 rings (SSSR count). The van der Waals surface area contributed by atoms with E-state index in [4.69, 9.17) is 10.5 Å². The van der Waals surface area contributed by atoms with Gasteiger partial charge >= 0.3 is 0 Å². The van der Waals surface area contributed by atoms with Gasteiger partial charge in [-0.25, -0.2) is 8.42 Å². The summed E-state index contributed by atoms with van der Waals surface area (Å²) in [6, 6.07) is 5.38. The van der Waals surface area contributed by atoms with Crippen LogP contribution in [-0.4, -0.2) is 20.4 Å². The lowest BCUT2D eigenvalue weighted by Gasteiger charge is -2.21. The van der Waals surface area contributed by atoms with Crippen LogP contribution in [0, 0.1) is 5.92 Å². The highest BCUT2D eigenvalue weighted by atomic mass is 32.2. The molecule has 108 valence electrons. The Labute approximate surface area is 118 Å². The number of nitrogens with zero attached hydrogens (tertiary/aromatic N) is 1. The van der Waals surface area contributed by atoms with Gasteiger partial charge < -0.3 is 10.5 Å². The van der Waals surface area contributed by atoms with Crippen LogP contribution >= 0.6 is 0 Å². The standard InChI is InChI=1S/C14H18N2O3S/c1-9(7-10-5-6-10)19-12-4-2-3-11-8-20(17,18)16-14(15)13(11)12/h2-4,9-10H,5-8H2,1H3,(H2,15,16).